The van der Waals surface area contributed by atoms with Crippen LogP contribution in [0.15, 0.2) is 67.0 Å². The number of rotatable bonds is 6. The van der Waals surface area contributed by atoms with Crippen molar-refractivity contribution in [1.82, 2.24) is 14.9 Å². The number of nitrogens with zero attached hydrogens (tertiary/aromatic N) is 3. The molecule has 2 saturated carbocycles. The fourth-order valence-corrected chi connectivity index (χ4v) is 6.51. The zero-order valence-electron chi connectivity index (χ0n) is 20.2. The van der Waals surface area contributed by atoms with Gasteiger partial charge in [0, 0.05) is 29.8 Å². The van der Waals surface area contributed by atoms with Crippen LogP contribution >= 0.6 is 12.2 Å². The van der Waals surface area contributed by atoms with Crippen molar-refractivity contribution in [2.75, 3.05) is 4.90 Å². The highest BCUT2D eigenvalue weighted by Gasteiger charge is 2.42. The van der Waals surface area contributed by atoms with E-state index in [0.29, 0.717) is 12.1 Å². The van der Waals surface area contributed by atoms with Gasteiger partial charge >= 0.3 is 0 Å². The van der Waals surface area contributed by atoms with Crippen molar-refractivity contribution in [1.29, 1.82) is 0 Å². The summed E-state index contributed by atoms with van der Waals surface area (Å²) in [6, 6.07) is 19.7. The van der Waals surface area contributed by atoms with Gasteiger partial charge in [0.25, 0.3) is 0 Å². The van der Waals surface area contributed by atoms with E-state index in [1.807, 2.05) is 12.3 Å². The lowest BCUT2D eigenvalue weighted by Gasteiger charge is -2.32. The highest BCUT2D eigenvalue weighted by Crippen LogP contribution is 2.43. The third-order valence-electron chi connectivity index (χ3n) is 7.90. The van der Waals surface area contributed by atoms with E-state index >= 15 is 0 Å². The molecule has 3 fully saturated rings. The molecular formula is C29H34N4OS. The Kier molecular flexibility index (Phi) is 6.47. The van der Waals surface area contributed by atoms with Crippen LogP contribution < -0.4 is 15.0 Å². The Labute approximate surface area is 213 Å². The molecule has 1 saturated heterocycles. The Balaban J connectivity index is 1.35. The topological polar surface area (TPSA) is 42.3 Å². The molecule has 2 aliphatic carbocycles. The standard InChI is InChI=1S/C29H34N4OS/c35-29-31-27(25-13-6-7-19-30-25)28(26-14-8-20-32(26)21-9-2-1-3-10-21)33(29)22-15-17-24(18-16-22)34-23-11-4-5-12-23/h6-8,13-21,23,27-28H,1-5,9-12H2,(H,31,35). The summed E-state index contributed by atoms with van der Waals surface area (Å²) < 4.78 is 8.74. The van der Waals surface area contributed by atoms with Gasteiger partial charge in [0.15, 0.2) is 5.11 Å². The minimum absolute atomic E-state index is 0.0182. The molecule has 1 aliphatic heterocycles. The number of anilines is 1. The van der Waals surface area contributed by atoms with Crippen molar-refractivity contribution in [2.45, 2.75) is 82.0 Å². The predicted molar refractivity (Wildman–Crippen MR) is 144 cm³/mol. The summed E-state index contributed by atoms with van der Waals surface area (Å²) in [5.74, 6) is 0.946. The first-order valence-corrected chi connectivity index (χ1v) is 13.6. The Morgan fingerprint density at radius 1 is 0.857 bits per heavy atom. The van der Waals surface area contributed by atoms with E-state index in [1.165, 1.54) is 50.6 Å². The van der Waals surface area contributed by atoms with Gasteiger partial charge < -0.3 is 19.5 Å². The molecule has 2 unspecified atom stereocenters. The fraction of sp³-hybridized carbons (Fsp3) is 0.448. The molecule has 35 heavy (non-hydrogen) atoms. The maximum Gasteiger partial charge on any atom is 0.174 e. The largest absolute Gasteiger partial charge is 0.490 e. The molecule has 0 radical (unpaired) electrons. The normalized spacial score (nSPS) is 23.5. The van der Waals surface area contributed by atoms with Crippen molar-refractivity contribution < 1.29 is 4.74 Å². The van der Waals surface area contributed by atoms with E-state index in [0.717, 1.165) is 35.1 Å². The first kappa shape index (κ1) is 22.6. The SMILES string of the molecule is S=C1NC(c2ccccn2)C(c2cccn2C2CCCCC2)N1c1ccc(OC2CCCC2)cc1. The molecule has 5 nitrogen and oxygen atoms in total. The number of ether oxygens (including phenoxy) is 1. The zero-order valence-corrected chi connectivity index (χ0v) is 21.0. The van der Waals surface area contributed by atoms with E-state index in [4.69, 9.17) is 21.9 Å². The quantitative estimate of drug-likeness (QED) is 0.384. The summed E-state index contributed by atoms with van der Waals surface area (Å²) in [7, 11) is 0. The lowest BCUT2D eigenvalue weighted by atomic mass is 9.94. The monoisotopic (exact) mass is 486 g/mol. The van der Waals surface area contributed by atoms with Crippen molar-refractivity contribution in [3.63, 3.8) is 0 Å². The second-order valence-electron chi connectivity index (χ2n) is 10.1. The lowest BCUT2D eigenvalue weighted by Crippen LogP contribution is -2.31. The molecule has 1 aromatic carbocycles. The van der Waals surface area contributed by atoms with Crippen LogP contribution in [0.5, 0.6) is 5.75 Å². The van der Waals surface area contributed by atoms with Gasteiger partial charge in [0.05, 0.1) is 17.8 Å². The highest BCUT2D eigenvalue weighted by atomic mass is 32.1. The van der Waals surface area contributed by atoms with Crippen LogP contribution in [0.3, 0.4) is 0 Å². The van der Waals surface area contributed by atoms with Crippen molar-refractivity contribution in [3.05, 3.63) is 78.4 Å². The molecule has 6 heteroatoms. The molecule has 3 aromatic rings. The molecule has 3 aliphatic rings. The van der Waals surface area contributed by atoms with Gasteiger partial charge in [-0.15, -0.1) is 0 Å². The summed E-state index contributed by atoms with van der Waals surface area (Å²) in [6.45, 7) is 0. The van der Waals surface area contributed by atoms with Crippen molar-refractivity contribution in [2.24, 2.45) is 0 Å². The third-order valence-corrected chi connectivity index (χ3v) is 8.22. The van der Waals surface area contributed by atoms with Crippen molar-refractivity contribution >= 4 is 23.0 Å². The molecule has 1 N–H and O–H groups in total. The zero-order chi connectivity index (χ0) is 23.6. The molecule has 2 aromatic heterocycles. The van der Waals surface area contributed by atoms with E-state index in [1.54, 1.807) is 0 Å². The van der Waals surface area contributed by atoms with Crippen LogP contribution in [-0.4, -0.2) is 20.8 Å². The molecule has 0 spiro atoms. The van der Waals surface area contributed by atoms with E-state index in [-0.39, 0.29) is 12.1 Å². The molecule has 2 atom stereocenters. The number of nitrogens with one attached hydrogen (secondary N) is 1. The second kappa shape index (κ2) is 10.0. The number of thiocarbonyl (C=S) groups is 1. The molecule has 0 bridgehead atoms. The summed E-state index contributed by atoms with van der Waals surface area (Å²) >= 11 is 5.95. The van der Waals surface area contributed by atoms with Gasteiger partial charge in [-0.1, -0.05) is 25.3 Å². The second-order valence-corrected chi connectivity index (χ2v) is 10.5. The molecular weight excluding hydrogens is 452 g/mol. The summed E-state index contributed by atoms with van der Waals surface area (Å²) in [5.41, 5.74) is 3.40. The molecule has 182 valence electrons. The maximum absolute atomic E-state index is 6.23. The first-order valence-electron chi connectivity index (χ1n) is 13.2. The minimum Gasteiger partial charge on any atom is -0.490 e. The number of pyridine rings is 1. The average molecular weight is 487 g/mol. The van der Waals surface area contributed by atoms with E-state index in [2.05, 4.69) is 69.5 Å². The lowest BCUT2D eigenvalue weighted by molar-refractivity contribution is 0.210. The van der Waals surface area contributed by atoms with Gasteiger partial charge in [-0.3, -0.25) is 4.98 Å². The maximum atomic E-state index is 6.23. The van der Waals surface area contributed by atoms with Crippen molar-refractivity contribution in [3.8, 4) is 5.75 Å². The summed E-state index contributed by atoms with van der Waals surface area (Å²) in [5, 5.41) is 4.35. The van der Waals surface area contributed by atoms with Gasteiger partial charge in [-0.25, -0.2) is 0 Å². The molecule has 3 heterocycles. The Bertz CT molecular complexity index is 1130. The van der Waals surface area contributed by atoms with Crippen LogP contribution in [0.1, 0.15) is 87.3 Å². The predicted octanol–water partition coefficient (Wildman–Crippen LogP) is 6.89. The number of hydrogen-bond acceptors (Lipinski definition) is 3. The molecule has 6 rings (SSSR count). The number of hydrogen-bond donors (Lipinski definition) is 1. The number of aromatic nitrogens is 2. The Hall–Kier alpha value is -2.86. The van der Waals surface area contributed by atoms with Crippen LogP contribution in [0.2, 0.25) is 0 Å². The minimum atomic E-state index is -0.0182. The average Bonchev–Trinajstić information content (AvgIpc) is 3.66. The number of benzene rings is 1. The summed E-state index contributed by atoms with van der Waals surface area (Å²) in [4.78, 5) is 7.00. The van der Waals surface area contributed by atoms with E-state index in [9.17, 15) is 0 Å². The third kappa shape index (κ3) is 4.56. The van der Waals surface area contributed by atoms with Gasteiger partial charge in [0.2, 0.25) is 0 Å². The van der Waals surface area contributed by atoms with Crippen LogP contribution in [0, 0.1) is 0 Å². The Morgan fingerprint density at radius 3 is 2.37 bits per heavy atom. The smallest absolute Gasteiger partial charge is 0.174 e. The van der Waals surface area contributed by atoms with Gasteiger partial charge in [-0.05, 0) is 99.3 Å². The molecule has 0 amide bonds. The van der Waals surface area contributed by atoms with Gasteiger partial charge in [0.1, 0.15) is 11.8 Å². The first-order chi connectivity index (χ1) is 17.3. The van der Waals surface area contributed by atoms with Crippen LogP contribution in [0.25, 0.3) is 0 Å². The van der Waals surface area contributed by atoms with Gasteiger partial charge in [-0.2, -0.15) is 0 Å². The Morgan fingerprint density at radius 2 is 1.63 bits per heavy atom. The summed E-state index contributed by atoms with van der Waals surface area (Å²) in [6.07, 6.45) is 15.8. The van der Waals surface area contributed by atoms with Crippen LogP contribution in [-0.2, 0) is 0 Å². The fourth-order valence-electron chi connectivity index (χ4n) is 6.17. The highest BCUT2D eigenvalue weighted by molar-refractivity contribution is 7.80. The van der Waals surface area contributed by atoms with Crippen LogP contribution in [0.4, 0.5) is 5.69 Å². The van der Waals surface area contributed by atoms with E-state index < -0.39 is 0 Å².